The van der Waals surface area contributed by atoms with Gasteiger partial charge in [-0.1, -0.05) is 62.7 Å². The Kier molecular flexibility index (Phi) is 3.10. The lowest BCUT2D eigenvalue weighted by atomic mass is 9.86. The molecule has 0 saturated carbocycles. The number of hydrogen-bond donors (Lipinski definition) is 1. The minimum atomic E-state index is 0.183. The van der Waals surface area contributed by atoms with Gasteiger partial charge >= 0.3 is 0 Å². The molecule has 1 heterocycles. The Labute approximate surface area is 124 Å². The standard InChI is InChI=1S/C18H18ClN/c1-18(2,3)13-9-7-12(8-10-13)17-11-14-15(19)5-4-6-16(14)20-17/h4-11,20H,1-3H3. The molecule has 0 aliphatic heterocycles. The largest absolute Gasteiger partial charge is 0.354 e. The first-order valence-electron chi connectivity index (χ1n) is 6.83. The zero-order valence-corrected chi connectivity index (χ0v) is 12.8. The van der Waals surface area contributed by atoms with Gasteiger partial charge in [-0.2, -0.15) is 0 Å². The van der Waals surface area contributed by atoms with Crippen molar-refractivity contribution in [1.29, 1.82) is 0 Å². The van der Waals surface area contributed by atoms with Crippen molar-refractivity contribution in [3.63, 3.8) is 0 Å². The number of nitrogens with one attached hydrogen (secondary N) is 1. The first-order valence-corrected chi connectivity index (χ1v) is 7.21. The van der Waals surface area contributed by atoms with Gasteiger partial charge in [0.05, 0.1) is 0 Å². The van der Waals surface area contributed by atoms with Crippen LogP contribution < -0.4 is 0 Å². The van der Waals surface area contributed by atoms with E-state index in [4.69, 9.17) is 11.6 Å². The summed E-state index contributed by atoms with van der Waals surface area (Å²) in [6.07, 6.45) is 0. The molecule has 102 valence electrons. The molecule has 0 aliphatic carbocycles. The third-order valence-corrected chi connectivity index (χ3v) is 4.00. The molecule has 0 aliphatic rings. The van der Waals surface area contributed by atoms with E-state index in [-0.39, 0.29) is 5.41 Å². The maximum Gasteiger partial charge on any atom is 0.0500 e. The lowest BCUT2D eigenvalue weighted by Gasteiger charge is -2.19. The predicted molar refractivity (Wildman–Crippen MR) is 87.4 cm³/mol. The van der Waals surface area contributed by atoms with Crippen LogP contribution in [0.3, 0.4) is 0 Å². The lowest BCUT2D eigenvalue weighted by Crippen LogP contribution is -2.10. The van der Waals surface area contributed by atoms with Gasteiger partial charge < -0.3 is 4.98 Å². The Hall–Kier alpha value is -1.73. The normalized spacial score (nSPS) is 12.0. The van der Waals surface area contributed by atoms with Crippen molar-refractivity contribution in [2.24, 2.45) is 0 Å². The summed E-state index contributed by atoms with van der Waals surface area (Å²) in [5.41, 5.74) is 4.89. The smallest absolute Gasteiger partial charge is 0.0500 e. The van der Waals surface area contributed by atoms with Gasteiger partial charge in [-0.15, -0.1) is 0 Å². The van der Waals surface area contributed by atoms with Crippen LogP contribution in [-0.4, -0.2) is 4.98 Å². The Morgan fingerprint density at radius 3 is 2.25 bits per heavy atom. The van der Waals surface area contributed by atoms with Crippen LogP contribution in [0.5, 0.6) is 0 Å². The molecule has 0 spiro atoms. The molecule has 1 N–H and O–H groups in total. The highest BCUT2D eigenvalue weighted by molar-refractivity contribution is 6.35. The summed E-state index contributed by atoms with van der Waals surface area (Å²) in [6.45, 7) is 6.68. The van der Waals surface area contributed by atoms with Gasteiger partial charge in [-0.3, -0.25) is 0 Å². The van der Waals surface area contributed by atoms with Gasteiger partial charge in [0.1, 0.15) is 0 Å². The number of benzene rings is 2. The maximum absolute atomic E-state index is 6.22. The maximum atomic E-state index is 6.22. The molecule has 0 amide bonds. The van der Waals surface area contributed by atoms with Crippen molar-refractivity contribution in [1.82, 2.24) is 4.98 Å². The molecule has 1 aromatic heterocycles. The monoisotopic (exact) mass is 283 g/mol. The summed E-state index contributed by atoms with van der Waals surface area (Å²) in [5, 5.41) is 1.86. The van der Waals surface area contributed by atoms with E-state index >= 15 is 0 Å². The van der Waals surface area contributed by atoms with Crippen molar-refractivity contribution in [2.45, 2.75) is 26.2 Å². The van der Waals surface area contributed by atoms with Crippen molar-refractivity contribution >= 4 is 22.5 Å². The fourth-order valence-corrected chi connectivity index (χ4v) is 2.65. The van der Waals surface area contributed by atoms with Crippen LogP contribution in [0.4, 0.5) is 0 Å². The summed E-state index contributed by atoms with van der Waals surface area (Å²) >= 11 is 6.22. The van der Waals surface area contributed by atoms with Crippen molar-refractivity contribution in [2.75, 3.05) is 0 Å². The third kappa shape index (κ3) is 2.34. The predicted octanol–water partition coefficient (Wildman–Crippen LogP) is 5.79. The highest BCUT2D eigenvalue weighted by Gasteiger charge is 2.13. The Morgan fingerprint density at radius 1 is 0.950 bits per heavy atom. The highest BCUT2D eigenvalue weighted by Crippen LogP contribution is 2.30. The first kappa shape index (κ1) is 13.3. The van der Waals surface area contributed by atoms with Crippen LogP contribution in [-0.2, 0) is 5.41 Å². The summed E-state index contributed by atoms with van der Waals surface area (Å²) in [7, 11) is 0. The van der Waals surface area contributed by atoms with Crippen molar-refractivity contribution in [3.05, 3.63) is 59.1 Å². The van der Waals surface area contributed by atoms with E-state index in [0.717, 1.165) is 21.6 Å². The number of hydrogen-bond acceptors (Lipinski definition) is 0. The van der Waals surface area contributed by atoms with E-state index < -0.39 is 0 Å². The molecular formula is C18H18ClN. The summed E-state index contributed by atoms with van der Waals surface area (Å²) in [5.74, 6) is 0. The van der Waals surface area contributed by atoms with E-state index in [9.17, 15) is 0 Å². The summed E-state index contributed by atoms with van der Waals surface area (Å²) in [6, 6.07) is 16.8. The SMILES string of the molecule is CC(C)(C)c1ccc(-c2cc3c(Cl)cccc3[nH]2)cc1. The van der Waals surface area contributed by atoms with Crippen LogP contribution in [0.1, 0.15) is 26.3 Å². The number of aromatic amines is 1. The topological polar surface area (TPSA) is 15.8 Å². The zero-order valence-electron chi connectivity index (χ0n) is 12.0. The van der Waals surface area contributed by atoms with Gasteiger partial charge in [0.15, 0.2) is 0 Å². The van der Waals surface area contributed by atoms with E-state index in [1.807, 2.05) is 18.2 Å². The molecule has 0 unspecified atom stereocenters. The average molecular weight is 284 g/mol. The molecule has 3 rings (SSSR count). The number of fused-ring (bicyclic) bond motifs is 1. The third-order valence-electron chi connectivity index (χ3n) is 3.67. The Bertz CT molecular complexity index is 745. The fourth-order valence-electron chi connectivity index (χ4n) is 2.42. The summed E-state index contributed by atoms with van der Waals surface area (Å²) < 4.78 is 0. The lowest BCUT2D eigenvalue weighted by molar-refractivity contribution is 0.590. The van der Waals surface area contributed by atoms with E-state index in [1.165, 1.54) is 11.1 Å². The van der Waals surface area contributed by atoms with E-state index in [1.54, 1.807) is 0 Å². The molecule has 1 nitrogen and oxygen atoms in total. The molecule has 2 aromatic carbocycles. The van der Waals surface area contributed by atoms with Gasteiger partial charge in [0.25, 0.3) is 0 Å². The first-order chi connectivity index (χ1) is 9.45. The minimum Gasteiger partial charge on any atom is -0.354 e. The molecule has 0 bridgehead atoms. The van der Waals surface area contributed by atoms with Gasteiger partial charge in [-0.05, 0) is 34.7 Å². The van der Waals surface area contributed by atoms with Crippen LogP contribution in [0.2, 0.25) is 5.02 Å². The summed E-state index contributed by atoms with van der Waals surface area (Å²) in [4.78, 5) is 3.43. The molecule has 0 atom stereocenters. The quantitative estimate of drug-likeness (QED) is 0.582. The number of H-pyrrole nitrogens is 1. The van der Waals surface area contributed by atoms with Gasteiger partial charge in [-0.25, -0.2) is 0 Å². The molecule has 0 radical (unpaired) electrons. The van der Waals surface area contributed by atoms with E-state index in [0.29, 0.717) is 0 Å². The molecule has 3 aromatic rings. The molecule has 20 heavy (non-hydrogen) atoms. The second kappa shape index (κ2) is 4.68. The second-order valence-electron chi connectivity index (χ2n) is 6.21. The number of halogens is 1. The molecule has 0 saturated heterocycles. The van der Waals surface area contributed by atoms with Gasteiger partial charge in [0, 0.05) is 21.6 Å². The molecule has 2 heteroatoms. The van der Waals surface area contributed by atoms with Crippen LogP contribution >= 0.6 is 11.6 Å². The van der Waals surface area contributed by atoms with Crippen molar-refractivity contribution in [3.8, 4) is 11.3 Å². The van der Waals surface area contributed by atoms with E-state index in [2.05, 4.69) is 56.1 Å². The van der Waals surface area contributed by atoms with Crippen molar-refractivity contribution < 1.29 is 0 Å². The van der Waals surface area contributed by atoms with Crippen LogP contribution in [0.15, 0.2) is 48.5 Å². The van der Waals surface area contributed by atoms with Crippen LogP contribution in [0.25, 0.3) is 22.2 Å². The Morgan fingerprint density at radius 2 is 1.65 bits per heavy atom. The second-order valence-corrected chi connectivity index (χ2v) is 6.62. The number of rotatable bonds is 1. The minimum absolute atomic E-state index is 0.183. The molecular weight excluding hydrogens is 266 g/mol. The fraction of sp³-hybridized carbons (Fsp3) is 0.222. The zero-order chi connectivity index (χ0) is 14.3. The Balaban J connectivity index is 2.05. The molecule has 0 fully saturated rings. The average Bonchev–Trinajstić information content (AvgIpc) is 2.83. The van der Waals surface area contributed by atoms with Crippen LogP contribution in [0, 0.1) is 0 Å². The highest BCUT2D eigenvalue weighted by atomic mass is 35.5. The number of aromatic nitrogens is 1. The van der Waals surface area contributed by atoms with Gasteiger partial charge in [0.2, 0.25) is 0 Å².